The van der Waals surface area contributed by atoms with E-state index in [2.05, 4.69) is 6.07 Å². The average Bonchev–Trinajstić information content (AvgIpc) is 2.07. The van der Waals surface area contributed by atoms with Crippen LogP contribution in [0.5, 0.6) is 0 Å². The van der Waals surface area contributed by atoms with Gasteiger partial charge in [0.2, 0.25) is 0 Å². The Hall–Kier alpha value is 0.824. The van der Waals surface area contributed by atoms with Gasteiger partial charge in [-0.2, -0.15) is 30.3 Å². The number of ether oxygens (including phenoxy) is 1. The fourth-order valence-electron chi connectivity index (χ4n) is 0.737. The third kappa shape index (κ3) is 9.74. The molecule has 15 heavy (non-hydrogen) atoms. The van der Waals surface area contributed by atoms with Gasteiger partial charge in [-0.3, -0.25) is 0 Å². The van der Waals surface area contributed by atoms with Gasteiger partial charge in [0, 0.05) is 0 Å². The first kappa shape index (κ1) is 24.9. The largest absolute Gasteiger partial charge is 2.00 e. The zero-order valence-electron chi connectivity index (χ0n) is 8.80. The van der Waals surface area contributed by atoms with Crippen LogP contribution in [0.1, 0.15) is 17.3 Å². The summed E-state index contributed by atoms with van der Waals surface area (Å²) >= 11 is 0. The van der Waals surface area contributed by atoms with Crippen LogP contribution in [-0.4, -0.2) is 35.6 Å². The summed E-state index contributed by atoms with van der Waals surface area (Å²) in [6, 6.07) is 9.55. The molecule has 0 bridgehead atoms. The molecule has 0 saturated heterocycles. The predicted molar refractivity (Wildman–Crippen MR) is 47.0 cm³/mol. The minimum Gasteiger partial charge on any atom is -1.00 e. The molecule has 1 aromatic carbocycles. The van der Waals surface area contributed by atoms with E-state index in [0.29, 0.717) is 12.2 Å². The summed E-state index contributed by atoms with van der Waals surface area (Å²) < 4.78 is 4.78. The Bertz CT molecular complexity index is 249. The minimum absolute atomic E-state index is 0. The van der Waals surface area contributed by atoms with Crippen molar-refractivity contribution in [2.24, 2.45) is 0 Å². The Morgan fingerprint density at radius 2 is 1.87 bits per heavy atom. The summed E-state index contributed by atoms with van der Waals surface area (Å²) in [5.41, 5.74) is 0.575. The van der Waals surface area contributed by atoms with Crippen molar-refractivity contribution in [3.05, 3.63) is 35.9 Å². The van der Waals surface area contributed by atoms with Crippen molar-refractivity contribution in [2.45, 2.75) is 6.92 Å². The van der Waals surface area contributed by atoms with Crippen molar-refractivity contribution in [2.75, 3.05) is 6.61 Å². The van der Waals surface area contributed by atoms with Crippen LogP contribution in [0.3, 0.4) is 0 Å². The molecule has 0 radical (unpaired) electrons. The van der Waals surface area contributed by atoms with E-state index in [0.717, 1.165) is 0 Å². The number of esters is 1. The maximum Gasteiger partial charge on any atom is 2.00 e. The summed E-state index contributed by atoms with van der Waals surface area (Å²) in [6.45, 7) is 2.20. The molecule has 0 aliphatic carbocycles. The van der Waals surface area contributed by atoms with Crippen molar-refractivity contribution in [3.63, 3.8) is 0 Å². The number of carbonyl (C=O) groups excluding carboxylic acids is 1. The number of rotatable bonds is 2. The maximum atomic E-state index is 11.0. The van der Waals surface area contributed by atoms with Gasteiger partial charge in [0.15, 0.2) is 0 Å². The van der Waals surface area contributed by atoms with Gasteiger partial charge < -0.3 is 34.1 Å². The molecule has 0 unspecified atom stereocenters. The van der Waals surface area contributed by atoms with Crippen molar-refractivity contribution >= 4 is 29.0 Å². The molecule has 2 nitrogen and oxygen atoms in total. The van der Waals surface area contributed by atoms with Crippen LogP contribution in [0.15, 0.2) is 24.3 Å². The van der Waals surface area contributed by atoms with E-state index in [-0.39, 0.29) is 77.3 Å². The Kier molecular flexibility index (Phi) is 24.6. The van der Waals surface area contributed by atoms with E-state index in [1.165, 1.54) is 0 Å². The van der Waals surface area contributed by atoms with E-state index < -0.39 is 0 Å². The van der Waals surface area contributed by atoms with Gasteiger partial charge in [0.1, 0.15) is 0 Å². The van der Waals surface area contributed by atoms with E-state index in [4.69, 9.17) is 4.74 Å². The first-order valence-electron chi connectivity index (χ1n) is 3.48. The second kappa shape index (κ2) is 14.8. The van der Waals surface area contributed by atoms with Crippen LogP contribution < -0.4 is 48.2 Å². The summed E-state index contributed by atoms with van der Waals surface area (Å²) in [6.07, 6.45) is 0. The van der Waals surface area contributed by atoms with Gasteiger partial charge in [0.05, 0.1) is 6.61 Å². The first-order valence-corrected chi connectivity index (χ1v) is 3.48. The average molecular weight is 296 g/mol. The third-order valence-electron chi connectivity index (χ3n) is 1.23. The fraction of sp³-hybridized carbons (Fsp3) is 0.222. The van der Waals surface area contributed by atoms with Gasteiger partial charge >= 0.3 is 47.9 Å². The van der Waals surface area contributed by atoms with Crippen molar-refractivity contribution in [3.8, 4) is 0 Å². The van der Waals surface area contributed by atoms with Gasteiger partial charge in [-0.1, -0.05) is 0 Å². The molecule has 0 N–H and O–H groups in total. The molecular weight excluding hydrogens is 287 g/mol. The normalized spacial score (nSPS) is 6.73. The Labute approximate surface area is 135 Å². The smallest absolute Gasteiger partial charge is 1.00 e. The summed E-state index contributed by atoms with van der Waals surface area (Å²) in [5.74, 6) is -0.276. The van der Waals surface area contributed by atoms with Crippen LogP contribution in [0.25, 0.3) is 0 Å². The second-order valence-corrected chi connectivity index (χ2v) is 2.01. The van der Waals surface area contributed by atoms with Gasteiger partial charge in [-0.25, -0.2) is 4.79 Å². The third-order valence-corrected chi connectivity index (χ3v) is 1.23. The van der Waals surface area contributed by atoms with Gasteiger partial charge in [-0.15, -0.1) is 0 Å². The molecule has 74 valence electrons. The van der Waals surface area contributed by atoms with Crippen molar-refractivity contribution < 1.29 is 57.8 Å². The molecule has 0 aromatic heterocycles. The molecular formula is C9H9BrClLiMgO2. The SMILES string of the molecule is CCOC(=O)c1cc[c-]cc1.[Br-].[Cl-].[Li+].[Mg+2]. The molecule has 0 heterocycles. The first-order chi connectivity index (χ1) is 5.34. The summed E-state index contributed by atoms with van der Waals surface area (Å²) in [7, 11) is 0. The number of halogens is 2. The van der Waals surface area contributed by atoms with Crippen LogP contribution in [0.4, 0.5) is 0 Å². The minimum atomic E-state index is -0.276. The Morgan fingerprint density at radius 1 is 1.40 bits per heavy atom. The molecule has 0 aliphatic heterocycles. The molecule has 1 rings (SSSR count). The summed E-state index contributed by atoms with van der Waals surface area (Å²) in [4.78, 5) is 11.0. The van der Waals surface area contributed by atoms with Gasteiger partial charge in [-0.05, 0) is 12.5 Å². The predicted octanol–water partition coefficient (Wildman–Crippen LogP) is -7.71. The fourth-order valence-corrected chi connectivity index (χ4v) is 0.737. The molecule has 0 atom stereocenters. The Balaban J connectivity index is -0.000000151. The standard InChI is InChI=1S/C9H9O2.BrH.ClH.Li.Mg/c1-2-11-9(10)8-6-4-3-5-7-8;;;;/h4-7H,2H2,1H3;2*1H;;/q-1;;;+1;+2/p-2. The molecule has 0 amide bonds. The van der Waals surface area contributed by atoms with Crippen molar-refractivity contribution in [1.82, 2.24) is 0 Å². The van der Waals surface area contributed by atoms with E-state index in [1.807, 2.05) is 0 Å². The number of hydrogen-bond acceptors (Lipinski definition) is 2. The van der Waals surface area contributed by atoms with Gasteiger partial charge in [0.25, 0.3) is 0 Å². The zero-order chi connectivity index (χ0) is 8.10. The monoisotopic (exact) mass is 294 g/mol. The van der Waals surface area contributed by atoms with Crippen LogP contribution in [0, 0.1) is 6.07 Å². The molecule has 0 spiro atoms. The molecule has 6 heteroatoms. The quantitative estimate of drug-likeness (QED) is 0.308. The topological polar surface area (TPSA) is 26.3 Å². The Morgan fingerprint density at radius 3 is 2.27 bits per heavy atom. The maximum absolute atomic E-state index is 11.0. The molecule has 0 saturated carbocycles. The van der Waals surface area contributed by atoms with Crippen LogP contribution >= 0.6 is 0 Å². The van der Waals surface area contributed by atoms with Crippen LogP contribution in [-0.2, 0) is 4.74 Å². The molecule has 0 aliphatic rings. The number of benzene rings is 1. The van der Waals surface area contributed by atoms with E-state index in [1.54, 1.807) is 31.2 Å². The molecule has 1 aromatic rings. The molecule has 0 fully saturated rings. The second-order valence-electron chi connectivity index (χ2n) is 2.01. The van der Waals surface area contributed by atoms with E-state index in [9.17, 15) is 4.79 Å². The van der Waals surface area contributed by atoms with Crippen molar-refractivity contribution in [1.29, 1.82) is 0 Å². The summed E-state index contributed by atoms with van der Waals surface area (Å²) in [5, 5.41) is 0. The number of carbonyl (C=O) groups is 1. The number of hydrogen-bond donors (Lipinski definition) is 0. The zero-order valence-corrected chi connectivity index (χ0v) is 12.6. The van der Waals surface area contributed by atoms with Crippen LogP contribution in [0.2, 0.25) is 0 Å². The van der Waals surface area contributed by atoms with E-state index >= 15 is 0 Å².